The minimum Gasteiger partial charge on any atom is -0.373 e. The number of halogens is 2. The lowest BCUT2D eigenvalue weighted by Gasteiger charge is -2.34. The van der Waals surface area contributed by atoms with Crippen molar-refractivity contribution in [1.82, 2.24) is 9.88 Å². The molecular weight excluding hydrogens is 301 g/mol. The molecule has 1 aromatic rings. The predicted octanol–water partition coefficient (Wildman–Crippen LogP) is 2.44. The van der Waals surface area contributed by atoms with E-state index < -0.39 is 0 Å². The number of rotatable bonds is 3. The Hall–Kier alpha value is -0.880. The zero-order chi connectivity index (χ0) is 14.7. The Bertz CT molecular complexity index is 489. The number of pyridine rings is 1. The molecule has 1 saturated heterocycles. The molecule has 1 aliphatic rings. The first-order valence-electron chi connectivity index (χ1n) is 6.42. The third-order valence-electron chi connectivity index (χ3n) is 2.93. The first-order valence-corrected chi connectivity index (χ1v) is 7.18. The molecule has 2 rings (SSSR count). The van der Waals surface area contributed by atoms with Gasteiger partial charge >= 0.3 is 0 Å². The molecule has 7 heteroatoms. The third-order valence-corrected chi connectivity index (χ3v) is 3.42. The third kappa shape index (κ3) is 4.31. The minimum atomic E-state index is -0.150. The molecule has 0 unspecified atom stereocenters. The van der Waals surface area contributed by atoms with Crippen molar-refractivity contribution in [2.75, 3.05) is 25.0 Å². The molecular formula is C13H17Cl2N3O2. The first-order chi connectivity index (χ1) is 9.44. The zero-order valence-corrected chi connectivity index (χ0v) is 12.9. The molecule has 0 spiro atoms. The van der Waals surface area contributed by atoms with Crippen LogP contribution in [-0.4, -0.2) is 47.6 Å². The zero-order valence-electron chi connectivity index (χ0n) is 11.4. The molecule has 1 aromatic heterocycles. The molecule has 1 N–H and O–H groups in total. The maximum absolute atomic E-state index is 12.0. The standard InChI is InChI=1S/C13H17Cl2N3O2/c1-8-5-18(6-9(2)20-8)7-12(19)17-13-11(15)3-10(14)4-16-13/h3-4,8-9H,5-7H2,1-2H3,(H,16,17,19)/t8-,9-/m1/s1. The number of hydrogen-bond donors (Lipinski definition) is 1. The number of carbonyl (C=O) groups is 1. The maximum Gasteiger partial charge on any atom is 0.239 e. The van der Waals surface area contributed by atoms with E-state index in [-0.39, 0.29) is 18.1 Å². The lowest BCUT2D eigenvalue weighted by atomic mass is 10.2. The van der Waals surface area contributed by atoms with E-state index in [0.717, 1.165) is 13.1 Å². The Balaban J connectivity index is 1.92. The van der Waals surface area contributed by atoms with Gasteiger partial charge in [0.05, 0.1) is 28.8 Å². The van der Waals surface area contributed by atoms with Gasteiger partial charge in [-0.05, 0) is 19.9 Å². The van der Waals surface area contributed by atoms with E-state index in [9.17, 15) is 4.79 Å². The number of ether oxygens (including phenoxy) is 1. The molecule has 2 heterocycles. The van der Waals surface area contributed by atoms with Gasteiger partial charge in [0, 0.05) is 19.3 Å². The van der Waals surface area contributed by atoms with Crippen LogP contribution in [0.3, 0.4) is 0 Å². The van der Waals surface area contributed by atoms with Crippen LogP contribution < -0.4 is 5.32 Å². The number of nitrogens with one attached hydrogen (secondary N) is 1. The second-order valence-corrected chi connectivity index (χ2v) is 5.83. The van der Waals surface area contributed by atoms with E-state index in [4.69, 9.17) is 27.9 Å². The number of hydrogen-bond acceptors (Lipinski definition) is 4. The summed E-state index contributed by atoms with van der Waals surface area (Å²) in [4.78, 5) is 18.1. The fraction of sp³-hybridized carbons (Fsp3) is 0.538. The quantitative estimate of drug-likeness (QED) is 0.930. The van der Waals surface area contributed by atoms with E-state index in [1.54, 1.807) is 6.07 Å². The van der Waals surface area contributed by atoms with E-state index in [1.807, 2.05) is 13.8 Å². The summed E-state index contributed by atoms with van der Waals surface area (Å²) < 4.78 is 5.63. The normalized spacial score (nSPS) is 23.6. The molecule has 20 heavy (non-hydrogen) atoms. The number of nitrogens with zero attached hydrogens (tertiary/aromatic N) is 2. The van der Waals surface area contributed by atoms with E-state index in [1.165, 1.54) is 6.20 Å². The smallest absolute Gasteiger partial charge is 0.239 e. The van der Waals surface area contributed by atoms with Crippen LogP contribution in [0.15, 0.2) is 12.3 Å². The number of anilines is 1. The van der Waals surface area contributed by atoms with Crippen LogP contribution in [0, 0.1) is 0 Å². The van der Waals surface area contributed by atoms with Crippen LogP contribution in [0.1, 0.15) is 13.8 Å². The summed E-state index contributed by atoms with van der Waals surface area (Å²) in [6.07, 6.45) is 1.70. The van der Waals surface area contributed by atoms with Crippen molar-refractivity contribution in [3.05, 3.63) is 22.3 Å². The summed E-state index contributed by atoms with van der Waals surface area (Å²) in [7, 11) is 0. The summed E-state index contributed by atoms with van der Waals surface area (Å²) in [6.45, 7) is 5.76. The highest BCUT2D eigenvalue weighted by atomic mass is 35.5. The summed E-state index contributed by atoms with van der Waals surface area (Å²) >= 11 is 11.7. The van der Waals surface area contributed by atoms with Gasteiger partial charge in [0.2, 0.25) is 5.91 Å². The van der Waals surface area contributed by atoms with Gasteiger partial charge in [-0.25, -0.2) is 4.98 Å². The van der Waals surface area contributed by atoms with Crippen molar-refractivity contribution in [1.29, 1.82) is 0 Å². The molecule has 0 bridgehead atoms. The van der Waals surface area contributed by atoms with Gasteiger partial charge in [-0.1, -0.05) is 23.2 Å². The van der Waals surface area contributed by atoms with Gasteiger partial charge in [0.25, 0.3) is 0 Å². The number of aromatic nitrogens is 1. The van der Waals surface area contributed by atoms with Crippen molar-refractivity contribution < 1.29 is 9.53 Å². The van der Waals surface area contributed by atoms with Gasteiger partial charge in [-0.2, -0.15) is 0 Å². The summed E-state index contributed by atoms with van der Waals surface area (Å²) in [5, 5.41) is 3.45. The van der Waals surface area contributed by atoms with Crippen molar-refractivity contribution >= 4 is 34.9 Å². The highest BCUT2D eigenvalue weighted by molar-refractivity contribution is 6.36. The Labute approximate surface area is 128 Å². The molecule has 1 aliphatic heterocycles. The van der Waals surface area contributed by atoms with Gasteiger partial charge in [0.1, 0.15) is 0 Å². The average Bonchev–Trinajstić information content (AvgIpc) is 2.31. The molecule has 0 saturated carbocycles. The van der Waals surface area contributed by atoms with Crippen molar-refractivity contribution in [2.45, 2.75) is 26.1 Å². The maximum atomic E-state index is 12.0. The average molecular weight is 318 g/mol. The molecule has 2 atom stereocenters. The first kappa shape index (κ1) is 15.5. The summed E-state index contributed by atoms with van der Waals surface area (Å²) in [5.74, 6) is 0.179. The van der Waals surface area contributed by atoms with Crippen LogP contribution >= 0.6 is 23.2 Å². The highest BCUT2D eigenvalue weighted by Gasteiger charge is 2.23. The van der Waals surface area contributed by atoms with Crippen LogP contribution in [-0.2, 0) is 9.53 Å². The second kappa shape index (κ2) is 6.72. The van der Waals surface area contributed by atoms with Gasteiger partial charge in [-0.3, -0.25) is 9.69 Å². The number of morpholine rings is 1. The van der Waals surface area contributed by atoms with Crippen LogP contribution in [0.25, 0.3) is 0 Å². The largest absolute Gasteiger partial charge is 0.373 e. The highest BCUT2D eigenvalue weighted by Crippen LogP contribution is 2.22. The predicted molar refractivity (Wildman–Crippen MR) is 79.3 cm³/mol. The van der Waals surface area contributed by atoms with Crippen LogP contribution in [0.2, 0.25) is 10.0 Å². The van der Waals surface area contributed by atoms with E-state index in [2.05, 4.69) is 15.2 Å². The molecule has 1 fully saturated rings. The van der Waals surface area contributed by atoms with Crippen LogP contribution in [0.5, 0.6) is 0 Å². The van der Waals surface area contributed by atoms with Crippen molar-refractivity contribution in [2.24, 2.45) is 0 Å². The monoisotopic (exact) mass is 317 g/mol. The van der Waals surface area contributed by atoms with Crippen molar-refractivity contribution in [3.8, 4) is 0 Å². The molecule has 0 aliphatic carbocycles. The van der Waals surface area contributed by atoms with Gasteiger partial charge in [-0.15, -0.1) is 0 Å². The van der Waals surface area contributed by atoms with Crippen molar-refractivity contribution in [3.63, 3.8) is 0 Å². The SMILES string of the molecule is C[C@@H]1CN(CC(=O)Nc2ncc(Cl)cc2Cl)C[C@@H](C)O1. The molecule has 0 radical (unpaired) electrons. The van der Waals surface area contributed by atoms with Crippen LogP contribution in [0.4, 0.5) is 5.82 Å². The summed E-state index contributed by atoms with van der Waals surface area (Å²) in [5.41, 5.74) is 0. The number of amides is 1. The molecule has 110 valence electrons. The Morgan fingerprint density at radius 1 is 1.45 bits per heavy atom. The fourth-order valence-electron chi connectivity index (χ4n) is 2.29. The Morgan fingerprint density at radius 2 is 2.10 bits per heavy atom. The Morgan fingerprint density at radius 3 is 2.70 bits per heavy atom. The second-order valence-electron chi connectivity index (χ2n) is 4.98. The Kier molecular flexibility index (Phi) is 5.21. The molecule has 0 aromatic carbocycles. The van der Waals surface area contributed by atoms with E-state index in [0.29, 0.717) is 22.4 Å². The van der Waals surface area contributed by atoms with E-state index >= 15 is 0 Å². The molecule has 5 nitrogen and oxygen atoms in total. The van der Waals surface area contributed by atoms with Gasteiger partial charge < -0.3 is 10.1 Å². The lowest BCUT2D eigenvalue weighted by Crippen LogP contribution is -2.48. The van der Waals surface area contributed by atoms with Gasteiger partial charge in [0.15, 0.2) is 5.82 Å². The minimum absolute atomic E-state index is 0.129. The summed E-state index contributed by atoms with van der Waals surface area (Å²) in [6, 6.07) is 1.55. The fourth-order valence-corrected chi connectivity index (χ4v) is 2.72. The number of carbonyl (C=O) groups excluding carboxylic acids is 1. The topological polar surface area (TPSA) is 54.5 Å². The lowest BCUT2D eigenvalue weighted by molar-refractivity contribution is -0.121. The molecule has 1 amide bonds.